The first-order valence-electron chi connectivity index (χ1n) is 8.88. The number of carbonyl (C=O) groups is 1. The average molecular weight is 347 g/mol. The van der Waals surface area contributed by atoms with Crippen LogP contribution in [0.25, 0.3) is 0 Å². The van der Waals surface area contributed by atoms with Gasteiger partial charge in [-0.05, 0) is 24.1 Å². The molecule has 0 spiro atoms. The van der Waals surface area contributed by atoms with Crippen LogP contribution < -0.4 is 9.64 Å². The number of amides is 1. The fourth-order valence-corrected chi connectivity index (χ4v) is 3.20. The van der Waals surface area contributed by atoms with Gasteiger partial charge in [0.25, 0.3) is 0 Å². The van der Waals surface area contributed by atoms with Crippen molar-refractivity contribution in [2.75, 3.05) is 11.4 Å². The summed E-state index contributed by atoms with van der Waals surface area (Å²) in [5, 5.41) is 4.60. The molecule has 132 valence electrons. The maximum atomic E-state index is 12.8. The minimum absolute atomic E-state index is 0.104. The standard InChI is InChI=1S/C21H21N3O2/c25-21(14-17-8-3-1-4-9-17)23-12-7-13-24-20(23)15-18(22-24)16-26-19-10-5-2-6-11-19/h1-6,8-11,15H,7,12-14,16H2. The smallest absolute Gasteiger partial charge is 0.232 e. The highest BCUT2D eigenvalue weighted by Gasteiger charge is 2.24. The third-order valence-corrected chi connectivity index (χ3v) is 4.47. The van der Waals surface area contributed by atoms with Crippen molar-refractivity contribution in [2.24, 2.45) is 0 Å². The topological polar surface area (TPSA) is 47.4 Å². The van der Waals surface area contributed by atoms with E-state index in [0.29, 0.717) is 13.0 Å². The number of carbonyl (C=O) groups excluding carboxylic acids is 1. The average Bonchev–Trinajstić information content (AvgIpc) is 3.11. The van der Waals surface area contributed by atoms with E-state index in [0.717, 1.165) is 42.3 Å². The monoisotopic (exact) mass is 347 g/mol. The molecule has 0 N–H and O–H groups in total. The van der Waals surface area contributed by atoms with Crippen LogP contribution in [0, 0.1) is 0 Å². The predicted molar refractivity (Wildman–Crippen MR) is 100 cm³/mol. The highest BCUT2D eigenvalue weighted by Crippen LogP contribution is 2.23. The van der Waals surface area contributed by atoms with Gasteiger partial charge in [-0.1, -0.05) is 48.5 Å². The van der Waals surface area contributed by atoms with E-state index in [1.165, 1.54) is 0 Å². The lowest BCUT2D eigenvalue weighted by molar-refractivity contribution is -0.118. The van der Waals surface area contributed by atoms with Gasteiger partial charge in [0.05, 0.1) is 6.42 Å². The maximum Gasteiger partial charge on any atom is 0.232 e. The minimum Gasteiger partial charge on any atom is -0.487 e. The summed E-state index contributed by atoms with van der Waals surface area (Å²) in [6.07, 6.45) is 1.32. The first kappa shape index (κ1) is 16.4. The number of aryl methyl sites for hydroxylation is 1. The van der Waals surface area contributed by atoms with Crippen LogP contribution in [0.4, 0.5) is 5.82 Å². The molecular formula is C21H21N3O2. The zero-order valence-electron chi connectivity index (χ0n) is 14.5. The van der Waals surface area contributed by atoms with E-state index in [9.17, 15) is 4.79 Å². The quantitative estimate of drug-likeness (QED) is 0.710. The zero-order chi connectivity index (χ0) is 17.8. The Balaban J connectivity index is 1.47. The molecule has 1 aliphatic rings. The minimum atomic E-state index is 0.104. The molecule has 0 saturated heterocycles. The SMILES string of the molecule is O=C(Cc1ccccc1)N1CCCn2nc(COc3ccccc3)cc21. The number of ether oxygens (including phenoxy) is 1. The Labute approximate surface area is 152 Å². The van der Waals surface area contributed by atoms with Crippen molar-refractivity contribution >= 4 is 11.7 Å². The molecule has 5 heteroatoms. The summed E-state index contributed by atoms with van der Waals surface area (Å²) in [7, 11) is 0. The molecule has 0 atom stereocenters. The Hall–Kier alpha value is -3.08. The number of hydrogen-bond acceptors (Lipinski definition) is 3. The lowest BCUT2D eigenvalue weighted by Gasteiger charge is -2.27. The maximum absolute atomic E-state index is 12.8. The van der Waals surface area contributed by atoms with Crippen LogP contribution in [-0.4, -0.2) is 22.2 Å². The van der Waals surface area contributed by atoms with E-state index in [4.69, 9.17) is 4.74 Å². The molecule has 2 aromatic carbocycles. The van der Waals surface area contributed by atoms with Gasteiger partial charge in [-0.3, -0.25) is 9.69 Å². The van der Waals surface area contributed by atoms with Crippen LogP contribution in [0.2, 0.25) is 0 Å². The van der Waals surface area contributed by atoms with Gasteiger partial charge in [-0.15, -0.1) is 0 Å². The number of anilines is 1. The fraction of sp³-hybridized carbons (Fsp3) is 0.238. The number of benzene rings is 2. The lowest BCUT2D eigenvalue weighted by atomic mass is 10.1. The Kier molecular flexibility index (Phi) is 4.69. The molecule has 3 aromatic rings. The molecule has 26 heavy (non-hydrogen) atoms. The lowest BCUT2D eigenvalue weighted by Crippen LogP contribution is -2.38. The fourth-order valence-electron chi connectivity index (χ4n) is 3.20. The number of aromatic nitrogens is 2. The van der Waals surface area contributed by atoms with Crippen molar-refractivity contribution < 1.29 is 9.53 Å². The van der Waals surface area contributed by atoms with E-state index >= 15 is 0 Å². The Morgan fingerprint density at radius 1 is 1.00 bits per heavy atom. The van der Waals surface area contributed by atoms with Crippen molar-refractivity contribution in [1.29, 1.82) is 0 Å². The van der Waals surface area contributed by atoms with Gasteiger partial charge in [0, 0.05) is 19.2 Å². The van der Waals surface area contributed by atoms with Crippen LogP contribution in [-0.2, 0) is 24.4 Å². The van der Waals surface area contributed by atoms with Gasteiger partial charge in [-0.2, -0.15) is 5.10 Å². The molecule has 0 radical (unpaired) electrons. The highest BCUT2D eigenvalue weighted by molar-refractivity contribution is 5.94. The van der Waals surface area contributed by atoms with Crippen molar-refractivity contribution in [2.45, 2.75) is 26.0 Å². The van der Waals surface area contributed by atoms with E-state index in [1.54, 1.807) is 0 Å². The van der Waals surface area contributed by atoms with Crippen LogP contribution >= 0.6 is 0 Å². The second-order valence-electron chi connectivity index (χ2n) is 6.38. The third kappa shape index (κ3) is 3.61. The van der Waals surface area contributed by atoms with Gasteiger partial charge in [0.2, 0.25) is 5.91 Å². The summed E-state index contributed by atoms with van der Waals surface area (Å²) in [6.45, 7) is 1.96. The molecule has 0 aliphatic carbocycles. The molecule has 2 heterocycles. The van der Waals surface area contributed by atoms with E-state index in [2.05, 4.69) is 5.10 Å². The number of hydrogen-bond donors (Lipinski definition) is 0. The van der Waals surface area contributed by atoms with Gasteiger partial charge >= 0.3 is 0 Å². The molecule has 5 nitrogen and oxygen atoms in total. The largest absolute Gasteiger partial charge is 0.487 e. The molecule has 0 bridgehead atoms. The molecule has 1 aliphatic heterocycles. The number of nitrogens with zero attached hydrogens (tertiary/aromatic N) is 3. The van der Waals surface area contributed by atoms with Crippen molar-refractivity contribution in [3.8, 4) is 5.75 Å². The number of fused-ring (bicyclic) bond motifs is 1. The first-order valence-corrected chi connectivity index (χ1v) is 8.88. The Bertz CT molecular complexity index is 875. The van der Waals surface area contributed by atoms with Gasteiger partial charge in [-0.25, -0.2) is 4.68 Å². The molecule has 4 rings (SSSR count). The van der Waals surface area contributed by atoms with Gasteiger partial charge in [0.15, 0.2) is 0 Å². The van der Waals surface area contributed by atoms with Crippen LogP contribution in [0.15, 0.2) is 66.7 Å². The summed E-state index contributed by atoms with van der Waals surface area (Å²) < 4.78 is 7.69. The predicted octanol–water partition coefficient (Wildman–Crippen LogP) is 3.44. The second-order valence-corrected chi connectivity index (χ2v) is 6.38. The van der Waals surface area contributed by atoms with Crippen molar-refractivity contribution in [3.63, 3.8) is 0 Å². The van der Waals surface area contributed by atoms with Crippen molar-refractivity contribution in [1.82, 2.24) is 9.78 Å². The molecule has 1 amide bonds. The molecule has 0 unspecified atom stereocenters. The Morgan fingerprint density at radius 2 is 1.73 bits per heavy atom. The van der Waals surface area contributed by atoms with Crippen molar-refractivity contribution in [3.05, 3.63) is 78.0 Å². The summed E-state index contributed by atoms with van der Waals surface area (Å²) in [5.74, 6) is 1.78. The molecule has 1 aromatic heterocycles. The molecular weight excluding hydrogens is 326 g/mol. The Morgan fingerprint density at radius 3 is 2.50 bits per heavy atom. The summed E-state index contributed by atoms with van der Waals surface area (Å²) in [5.41, 5.74) is 1.87. The summed E-state index contributed by atoms with van der Waals surface area (Å²) in [6, 6.07) is 21.5. The summed E-state index contributed by atoms with van der Waals surface area (Å²) in [4.78, 5) is 14.6. The number of rotatable bonds is 5. The van der Waals surface area contributed by atoms with E-state index in [-0.39, 0.29) is 5.91 Å². The number of para-hydroxylation sites is 1. The van der Waals surface area contributed by atoms with E-state index < -0.39 is 0 Å². The first-order chi connectivity index (χ1) is 12.8. The zero-order valence-corrected chi connectivity index (χ0v) is 14.5. The van der Waals surface area contributed by atoms with Crippen LogP contribution in [0.1, 0.15) is 17.7 Å². The van der Waals surface area contributed by atoms with E-state index in [1.807, 2.05) is 76.3 Å². The normalized spacial score (nSPS) is 13.3. The molecule has 0 saturated carbocycles. The summed E-state index contributed by atoms with van der Waals surface area (Å²) >= 11 is 0. The van der Waals surface area contributed by atoms with Gasteiger partial charge < -0.3 is 4.74 Å². The third-order valence-electron chi connectivity index (χ3n) is 4.47. The van der Waals surface area contributed by atoms with Crippen LogP contribution in [0.5, 0.6) is 5.75 Å². The molecule has 0 fully saturated rings. The highest BCUT2D eigenvalue weighted by atomic mass is 16.5. The second kappa shape index (κ2) is 7.44. The van der Waals surface area contributed by atoms with Gasteiger partial charge in [0.1, 0.15) is 23.9 Å². The van der Waals surface area contributed by atoms with Crippen LogP contribution in [0.3, 0.4) is 0 Å².